The van der Waals surface area contributed by atoms with E-state index in [4.69, 9.17) is 37.1 Å². The van der Waals surface area contributed by atoms with Crippen molar-refractivity contribution in [2.45, 2.75) is 90.9 Å². The lowest BCUT2D eigenvalue weighted by Crippen LogP contribution is -2.56. The number of fused-ring (bicyclic) bond motifs is 5. The fourth-order valence-electron chi connectivity index (χ4n) is 7.73. The second-order valence-corrected chi connectivity index (χ2v) is 18.5. The molecule has 1 aromatic heterocycles. The van der Waals surface area contributed by atoms with Gasteiger partial charge in [0.2, 0.25) is 23.6 Å². The average Bonchev–Trinajstić information content (AvgIpc) is 3.32. The lowest BCUT2D eigenvalue weighted by molar-refractivity contribution is -0.141. The number of nitrogen functional groups attached to an aromatic ring is 1. The van der Waals surface area contributed by atoms with Gasteiger partial charge in [-0.15, -0.1) is 0 Å². The summed E-state index contributed by atoms with van der Waals surface area (Å²) in [5, 5.41) is 19.9. The highest BCUT2D eigenvalue weighted by molar-refractivity contribution is 6.02. The highest BCUT2D eigenvalue weighted by Crippen LogP contribution is 2.40. The third-order valence-electron chi connectivity index (χ3n) is 11.7. The van der Waals surface area contributed by atoms with Crippen LogP contribution in [0, 0.1) is 23.7 Å². The third-order valence-corrected chi connectivity index (χ3v) is 11.7. The molecule has 0 spiro atoms. The minimum absolute atomic E-state index is 0.000151. The lowest BCUT2D eigenvalue weighted by atomic mass is 9.93. The molecule has 4 bridgehead atoms. The molecule has 5 amide bonds. The van der Waals surface area contributed by atoms with Gasteiger partial charge in [0.1, 0.15) is 59.3 Å². The van der Waals surface area contributed by atoms with Crippen molar-refractivity contribution in [1.29, 1.82) is 5.26 Å². The second kappa shape index (κ2) is 25.5. The summed E-state index contributed by atoms with van der Waals surface area (Å²) in [5.74, 6) is -1.88. The van der Waals surface area contributed by atoms with Crippen LogP contribution in [0.4, 0.5) is 5.82 Å². The van der Waals surface area contributed by atoms with Crippen LogP contribution in [0.25, 0.3) is 22.5 Å². The first-order valence-corrected chi connectivity index (χ1v) is 23.7. The topological polar surface area (TPSA) is 318 Å². The number of ether oxygens (including phenoxy) is 3. The van der Waals surface area contributed by atoms with Crippen LogP contribution < -0.4 is 58.4 Å². The highest BCUT2D eigenvalue weighted by atomic mass is 16.5. The number of hydrogen-bond donors (Lipinski definition) is 8. The van der Waals surface area contributed by atoms with Gasteiger partial charge in [-0.25, -0.2) is 9.97 Å². The minimum Gasteiger partial charge on any atom is -0.494 e. The van der Waals surface area contributed by atoms with Crippen LogP contribution in [0.15, 0.2) is 60.7 Å². The maximum Gasteiger partial charge on any atom is 0.257 e. The number of anilines is 1. The van der Waals surface area contributed by atoms with Crippen molar-refractivity contribution in [3.05, 3.63) is 83.0 Å². The number of amides is 5. The molecule has 20 heteroatoms. The van der Waals surface area contributed by atoms with Crippen molar-refractivity contribution in [1.82, 2.24) is 36.1 Å². The summed E-state index contributed by atoms with van der Waals surface area (Å²) in [6, 6.07) is 14.2. The van der Waals surface area contributed by atoms with Crippen LogP contribution in [0.2, 0.25) is 0 Å². The molecule has 0 saturated carbocycles. The largest absolute Gasteiger partial charge is 0.494 e. The lowest BCUT2D eigenvalue weighted by Gasteiger charge is -2.32. The van der Waals surface area contributed by atoms with E-state index in [9.17, 15) is 29.2 Å². The zero-order valence-corrected chi connectivity index (χ0v) is 41.4. The van der Waals surface area contributed by atoms with Crippen molar-refractivity contribution in [3.63, 3.8) is 0 Å². The standard InChI is InChI=1S/C51H68N12O8/c1-30-42(44(56)62-45(58-30)33-10-13-35(14-11-33)69-26-18-51(3,4)5)48(66)60-38(17-21-54)50(68)63(6)43-34-12-16-41(71-25-8-20-53)37(29-34)36-27-32(9-15-40(36)70-24-7-19-52)28-39(47(65)57-23-22-55)61-46(64)31(2)59-49(43)67/h9-16,27,29,31,38-39,43H,7-8,17-21,23-26,28,52-54H2,1-6H3,(H,57,65)(H,59,67)(H,60,66)(H,61,64)(H2,56,58,62)/t31-,38?,39-,43-/m0/s1. The Kier molecular flexibility index (Phi) is 19.6. The van der Waals surface area contributed by atoms with Crippen LogP contribution in [0.5, 0.6) is 17.2 Å². The first-order chi connectivity index (χ1) is 33.9. The number of aryl methyl sites for hydroxylation is 1. The smallest absolute Gasteiger partial charge is 0.257 e. The van der Waals surface area contributed by atoms with E-state index in [1.165, 1.54) is 18.9 Å². The van der Waals surface area contributed by atoms with Crippen molar-refractivity contribution in [2.24, 2.45) is 22.6 Å². The number of carbonyl (C=O) groups excluding carboxylic acids is 5. The monoisotopic (exact) mass is 977 g/mol. The molecule has 5 rings (SSSR count). The Hall–Kier alpha value is -7.34. The molecule has 2 heterocycles. The molecule has 4 atom stereocenters. The number of nitrogens with zero attached hydrogens (tertiary/aromatic N) is 4. The quantitative estimate of drug-likeness (QED) is 0.0466. The summed E-state index contributed by atoms with van der Waals surface area (Å²) < 4.78 is 18.4. The minimum atomic E-state index is -1.43. The van der Waals surface area contributed by atoms with Crippen LogP contribution in [-0.4, -0.2) is 116 Å². The number of benzene rings is 3. The molecular formula is C51H68N12O8. The predicted octanol–water partition coefficient (Wildman–Crippen LogP) is 2.80. The Bertz CT molecular complexity index is 2540. The van der Waals surface area contributed by atoms with E-state index in [0.29, 0.717) is 77.6 Å². The Morgan fingerprint density at radius 3 is 2.13 bits per heavy atom. The van der Waals surface area contributed by atoms with E-state index in [1.54, 1.807) is 55.5 Å². The summed E-state index contributed by atoms with van der Waals surface area (Å²) in [4.78, 5) is 81.0. The summed E-state index contributed by atoms with van der Waals surface area (Å²) in [7, 11) is 1.40. The van der Waals surface area contributed by atoms with E-state index < -0.39 is 53.7 Å². The summed E-state index contributed by atoms with van der Waals surface area (Å²) in [6.07, 6.45) is 1.89. The Morgan fingerprint density at radius 2 is 1.52 bits per heavy atom. The molecule has 0 saturated heterocycles. The van der Waals surface area contributed by atoms with E-state index in [-0.39, 0.29) is 67.5 Å². The molecule has 71 heavy (non-hydrogen) atoms. The van der Waals surface area contributed by atoms with Gasteiger partial charge < -0.3 is 63.3 Å². The van der Waals surface area contributed by atoms with Gasteiger partial charge in [-0.05, 0) is 124 Å². The van der Waals surface area contributed by atoms with Crippen molar-refractivity contribution in [3.8, 4) is 45.8 Å². The molecule has 0 radical (unpaired) electrons. The molecule has 1 aliphatic heterocycles. The van der Waals surface area contributed by atoms with Gasteiger partial charge in [-0.2, -0.15) is 5.26 Å². The van der Waals surface area contributed by atoms with Gasteiger partial charge in [0, 0.05) is 30.2 Å². The zero-order valence-electron chi connectivity index (χ0n) is 41.4. The Labute approximate surface area is 414 Å². The molecule has 3 aromatic carbocycles. The number of aromatic nitrogens is 2. The van der Waals surface area contributed by atoms with Crippen molar-refractivity contribution in [2.75, 3.05) is 58.8 Å². The summed E-state index contributed by atoms with van der Waals surface area (Å²) >= 11 is 0. The van der Waals surface area contributed by atoms with Crippen LogP contribution in [0.3, 0.4) is 0 Å². The number of rotatable bonds is 20. The van der Waals surface area contributed by atoms with Crippen LogP contribution >= 0.6 is 0 Å². The van der Waals surface area contributed by atoms with Crippen LogP contribution in [0.1, 0.15) is 86.6 Å². The molecule has 0 fully saturated rings. The van der Waals surface area contributed by atoms with Gasteiger partial charge >= 0.3 is 0 Å². The van der Waals surface area contributed by atoms with E-state index in [0.717, 1.165) is 6.42 Å². The normalized spacial score (nSPS) is 16.3. The van der Waals surface area contributed by atoms with Gasteiger partial charge in [0.05, 0.1) is 31.6 Å². The number of hydrogen-bond acceptors (Lipinski definition) is 15. The molecule has 380 valence electrons. The molecule has 1 aliphatic rings. The third kappa shape index (κ3) is 14.8. The molecule has 0 aliphatic carbocycles. The van der Waals surface area contributed by atoms with Gasteiger partial charge in [-0.1, -0.05) is 32.9 Å². The predicted molar refractivity (Wildman–Crippen MR) is 269 cm³/mol. The molecule has 4 aromatic rings. The van der Waals surface area contributed by atoms with Crippen LogP contribution in [-0.2, 0) is 25.6 Å². The maximum atomic E-state index is 14.8. The molecule has 20 nitrogen and oxygen atoms in total. The van der Waals surface area contributed by atoms with Gasteiger partial charge in [0.15, 0.2) is 5.82 Å². The Balaban J connectivity index is 1.53. The van der Waals surface area contributed by atoms with E-state index >= 15 is 0 Å². The van der Waals surface area contributed by atoms with Gasteiger partial charge in [0.25, 0.3) is 5.91 Å². The zero-order chi connectivity index (χ0) is 51.8. The number of nitrogens with one attached hydrogen (secondary N) is 4. The fourth-order valence-corrected chi connectivity index (χ4v) is 7.73. The number of nitrogens with two attached hydrogens (primary N) is 4. The van der Waals surface area contributed by atoms with E-state index in [2.05, 4.69) is 52.0 Å². The Morgan fingerprint density at radius 1 is 0.873 bits per heavy atom. The average molecular weight is 977 g/mol. The maximum absolute atomic E-state index is 14.8. The van der Waals surface area contributed by atoms with Gasteiger partial charge in [-0.3, -0.25) is 24.0 Å². The first-order valence-electron chi connectivity index (χ1n) is 23.7. The summed E-state index contributed by atoms with van der Waals surface area (Å²) in [5.41, 5.74) is 27.0. The van der Waals surface area contributed by atoms with E-state index in [1.807, 2.05) is 18.2 Å². The number of carbonyl (C=O) groups is 5. The molecule has 1 unspecified atom stereocenters. The van der Waals surface area contributed by atoms with Crippen molar-refractivity contribution >= 4 is 35.4 Å². The highest BCUT2D eigenvalue weighted by Gasteiger charge is 2.36. The first kappa shape index (κ1) is 54.6. The molecular weight excluding hydrogens is 909 g/mol. The molecule has 12 N–H and O–H groups in total. The summed E-state index contributed by atoms with van der Waals surface area (Å²) in [6.45, 7) is 10.9. The van der Waals surface area contributed by atoms with Crippen molar-refractivity contribution < 1.29 is 38.2 Å². The fraction of sp³-hybridized carbons (Fsp3) is 0.451. The number of nitriles is 1. The SMILES string of the molecule is Cc1nc(-c2ccc(OCCC(C)(C)C)cc2)nc(N)c1C(=O)NC(CCN)C(=O)N(C)[C@@H]1C(=O)N[C@@H](C)C(=O)N[C@H](C(=O)NCC#N)Cc2ccc(OCCCN)c(c2)-c2cc1ccc2OCCCN. The second-order valence-electron chi connectivity index (χ2n) is 18.5. The number of likely N-dealkylation sites (N-methyl/N-ethyl adjacent to an activating group) is 1.